The number of unbranched alkanes of at least 4 members (excludes halogenated alkanes) is 2. The Kier molecular flexibility index (Phi) is 7.09. The Morgan fingerprint density at radius 3 is 2.32 bits per heavy atom. The lowest BCUT2D eigenvalue weighted by molar-refractivity contribution is -0.00170. The van der Waals surface area contributed by atoms with E-state index in [1.807, 2.05) is 0 Å². The van der Waals surface area contributed by atoms with Crippen molar-refractivity contribution in [1.82, 2.24) is 0 Å². The summed E-state index contributed by atoms with van der Waals surface area (Å²) in [4.78, 5) is 15.3. The fourth-order valence-electron chi connectivity index (χ4n) is 3.52. The molecule has 0 atom stereocenters. The molecule has 0 bridgehead atoms. The van der Waals surface area contributed by atoms with Gasteiger partial charge in [0, 0.05) is 5.56 Å². The summed E-state index contributed by atoms with van der Waals surface area (Å²) in [6, 6.07) is 8.08. The van der Waals surface area contributed by atoms with Gasteiger partial charge in [-0.1, -0.05) is 62.9 Å². The minimum Gasteiger partial charge on any atom is -0.360 e. The zero-order valence-electron chi connectivity index (χ0n) is 14.7. The van der Waals surface area contributed by atoms with E-state index in [0.717, 1.165) is 19.3 Å². The molecule has 6 heteroatoms. The molecular formula is C19H26N2O3S. The van der Waals surface area contributed by atoms with Gasteiger partial charge in [-0.2, -0.15) is 0 Å². The van der Waals surface area contributed by atoms with Gasteiger partial charge in [0.05, 0.1) is 5.25 Å². The van der Waals surface area contributed by atoms with Crippen molar-refractivity contribution >= 4 is 20.7 Å². The molecule has 1 aliphatic carbocycles. The van der Waals surface area contributed by atoms with Gasteiger partial charge in [-0.3, -0.25) is 4.79 Å². The number of nitrogens with zero attached hydrogens (tertiary/aromatic N) is 2. The van der Waals surface area contributed by atoms with Crippen molar-refractivity contribution in [2.45, 2.75) is 63.5 Å². The van der Waals surface area contributed by atoms with Crippen LogP contribution in [-0.2, 0) is 9.84 Å². The van der Waals surface area contributed by atoms with Crippen LogP contribution in [0.5, 0.6) is 0 Å². The molecule has 0 spiro atoms. The fraction of sp³-hybridized carbons (Fsp3) is 0.579. The molecule has 136 valence electrons. The number of ketones is 1. The molecule has 0 saturated heterocycles. The van der Waals surface area contributed by atoms with E-state index < -0.39 is 25.9 Å². The number of hydrogen-bond acceptors (Lipinski definition) is 3. The number of Topliss-reactive ketones (excluding diaryl/α,β-unsaturated/α-hetero) is 1. The summed E-state index contributed by atoms with van der Waals surface area (Å²) in [7, 11) is -3.92. The molecule has 2 rings (SSSR count). The van der Waals surface area contributed by atoms with Crippen LogP contribution >= 0.6 is 0 Å². The van der Waals surface area contributed by atoms with Crippen molar-refractivity contribution in [1.29, 1.82) is 0 Å². The van der Waals surface area contributed by atoms with Gasteiger partial charge in [0.25, 0.3) is 15.6 Å². The first kappa shape index (κ1) is 19.5. The second-order valence-electron chi connectivity index (χ2n) is 6.78. The maximum Gasteiger partial charge on any atom is 0.452 e. The number of rotatable bonds is 7. The molecule has 1 aromatic carbocycles. The van der Waals surface area contributed by atoms with Gasteiger partial charge in [-0.05, 0) is 31.6 Å². The Morgan fingerprint density at radius 2 is 1.76 bits per heavy atom. The summed E-state index contributed by atoms with van der Waals surface area (Å²) in [5.74, 6) is -0.175. The highest BCUT2D eigenvalue weighted by molar-refractivity contribution is 8.08. The Labute approximate surface area is 150 Å². The predicted octanol–water partition coefficient (Wildman–Crippen LogP) is 4.05. The summed E-state index contributed by atoms with van der Waals surface area (Å²) < 4.78 is 25.6. The van der Waals surface area contributed by atoms with Crippen molar-refractivity contribution in [2.75, 3.05) is 0 Å². The lowest BCUT2D eigenvalue weighted by atomic mass is 9.85. The molecule has 0 aromatic heterocycles. The third kappa shape index (κ3) is 4.86. The monoisotopic (exact) mass is 362 g/mol. The average Bonchev–Trinajstić information content (AvgIpc) is 2.63. The quantitative estimate of drug-likeness (QED) is 0.183. The lowest BCUT2D eigenvalue weighted by Gasteiger charge is -2.27. The van der Waals surface area contributed by atoms with Gasteiger partial charge >= 0.3 is 5.04 Å². The van der Waals surface area contributed by atoms with E-state index in [2.05, 4.69) is 11.7 Å². The van der Waals surface area contributed by atoms with Gasteiger partial charge in [0.1, 0.15) is 0 Å². The molecule has 1 fully saturated rings. The predicted molar refractivity (Wildman–Crippen MR) is 98.2 cm³/mol. The first-order valence-electron chi connectivity index (χ1n) is 9.06. The molecule has 0 unspecified atom stereocenters. The zero-order chi connectivity index (χ0) is 18.3. The van der Waals surface area contributed by atoms with Crippen LogP contribution in [-0.4, -0.2) is 29.3 Å². The first-order valence-corrected chi connectivity index (χ1v) is 10.6. The van der Waals surface area contributed by atoms with E-state index in [0.29, 0.717) is 18.8 Å². The molecule has 25 heavy (non-hydrogen) atoms. The van der Waals surface area contributed by atoms with Gasteiger partial charge in [-0.15, -0.1) is 4.79 Å². The molecule has 0 heterocycles. The van der Waals surface area contributed by atoms with Crippen LogP contribution in [0.15, 0.2) is 30.3 Å². The topological polar surface area (TPSA) is 87.6 Å². The third-order valence-electron chi connectivity index (χ3n) is 5.04. The SMILES string of the molecule is CCCCCC1CCC(S(=O)(=O)C(=[N+]=[N-])C(=O)c2ccccc2)CC1. The van der Waals surface area contributed by atoms with Crippen LogP contribution in [0.1, 0.15) is 68.6 Å². The summed E-state index contributed by atoms with van der Waals surface area (Å²) >= 11 is 0. The van der Waals surface area contributed by atoms with Gasteiger partial charge in [-0.25, -0.2) is 8.42 Å². The van der Waals surface area contributed by atoms with Crippen molar-refractivity contribution in [3.63, 3.8) is 0 Å². The van der Waals surface area contributed by atoms with Crippen LogP contribution in [0, 0.1) is 5.92 Å². The minimum atomic E-state index is -3.92. The Bertz CT molecular complexity index is 729. The Morgan fingerprint density at radius 1 is 1.12 bits per heavy atom. The average molecular weight is 362 g/mol. The number of sulfone groups is 1. The van der Waals surface area contributed by atoms with E-state index in [9.17, 15) is 18.7 Å². The van der Waals surface area contributed by atoms with Crippen molar-refractivity contribution in [3.05, 3.63) is 41.4 Å². The standard InChI is InChI=1S/C19H26N2O3S/c1-2-3-5-8-15-11-13-17(14-12-15)25(23,24)19(21-20)18(22)16-9-6-4-7-10-16/h4,6-7,9-10,15,17H,2-3,5,8,11-14H2,1H3. The lowest BCUT2D eigenvalue weighted by Crippen LogP contribution is -2.36. The second-order valence-corrected chi connectivity index (χ2v) is 8.93. The second kappa shape index (κ2) is 9.07. The van der Waals surface area contributed by atoms with E-state index in [1.54, 1.807) is 18.2 Å². The fourth-order valence-corrected chi connectivity index (χ4v) is 5.21. The van der Waals surface area contributed by atoms with Gasteiger partial charge in [0.15, 0.2) is 0 Å². The summed E-state index contributed by atoms with van der Waals surface area (Å²) in [6.07, 6.45) is 7.49. The van der Waals surface area contributed by atoms with Crippen LogP contribution < -0.4 is 0 Å². The zero-order valence-corrected chi connectivity index (χ0v) is 15.5. The molecule has 0 aliphatic heterocycles. The smallest absolute Gasteiger partial charge is 0.360 e. The largest absolute Gasteiger partial charge is 0.452 e. The number of benzene rings is 1. The molecule has 5 nitrogen and oxygen atoms in total. The highest BCUT2D eigenvalue weighted by Gasteiger charge is 2.43. The number of carbonyl (C=O) groups excluding carboxylic acids is 1. The van der Waals surface area contributed by atoms with E-state index in [4.69, 9.17) is 0 Å². The van der Waals surface area contributed by atoms with Crippen molar-refractivity contribution in [2.24, 2.45) is 5.92 Å². The van der Waals surface area contributed by atoms with E-state index in [1.165, 1.54) is 31.4 Å². The molecule has 0 N–H and O–H groups in total. The summed E-state index contributed by atoms with van der Waals surface area (Å²) in [6.45, 7) is 2.17. The molecular weight excluding hydrogens is 336 g/mol. The van der Waals surface area contributed by atoms with Crippen LogP contribution in [0.25, 0.3) is 5.53 Å². The number of hydrogen-bond donors (Lipinski definition) is 0. The maximum atomic E-state index is 12.8. The van der Waals surface area contributed by atoms with E-state index in [-0.39, 0.29) is 5.56 Å². The molecule has 1 aliphatic rings. The molecule has 0 radical (unpaired) electrons. The molecule has 1 aromatic rings. The first-order chi connectivity index (χ1) is 12.0. The molecule has 0 amide bonds. The Hall–Kier alpha value is -1.78. The Balaban J connectivity index is 2.05. The van der Waals surface area contributed by atoms with E-state index >= 15 is 0 Å². The van der Waals surface area contributed by atoms with Crippen LogP contribution in [0.2, 0.25) is 0 Å². The summed E-state index contributed by atoms with van der Waals surface area (Å²) in [5, 5.41) is -1.36. The van der Waals surface area contributed by atoms with Crippen LogP contribution in [0.4, 0.5) is 0 Å². The van der Waals surface area contributed by atoms with Crippen molar-refractivity contribution in [3.8, 4) is 0 Å². The van der Waals surface area contributed by atoms with Gasteiger partial charge < -0.3 is 5.53 Å². The molecule has 1 saturated carbocycles. The van der Waals surface area contributed by atoms with Crippen LogP contribution in [0.3, 0.4) is 0 Å². The number of carbonyl (C=O) groups is 1. The van der Waals surface area contributed by atoms with Crippen molar-refractivity contribution < 1.29 is 18.0 Å². The summed E-state index contributed by atoms with van der Waals surface area (Å²) in [5.41, 5.74) is 9.42. The highest BCUT2D eigenvalue weighted by atomic mass is 32.2. The highest BCUT2D eigenvalue weighted by Crippen LogP contribution is 2.32. The minimum absolute atomic E-state index is 0.215. The normalized spacial score (nSPS) is 20.7. The maximum absolute atomic E-state index is 12.8. The third-order valence-corrected chi connectivity index (χ3v) is 7.19. The van der Waals surface area contributed by atoms with Gasteiger partial charge in [0.2, 0.25) is 0 Å².